The van der Waals surface area contributed by atoms with Crippen LogP contribution in [0.1, 0.15) is 226 Å². The van der Waals surface area contributed by atoms with Gasteiger partial charge in [-0.05, 0) is 139 Å². The summed E-state index contributed by atoms with van der Waals surface area (Å²) < 4.78 is 42.1. The third-order valence-electron chi connectivity index (χ3n) is 24.6. The van der Waals surface area contributed by atoms with Crippen molar-refractivity contribution in [2.24, 2.45) is 35.5 Å². The minimum absolute atomic E-state index is 0.00506. The largest absolute Gasteiger partial charge is 0.393 e. The van der Waals surface area contributed by atoms with Gasteiger partial charge in [0.15, 0.2) is 0 Å². The van der Waals surface area contributed by atoms with E-state index in [0.29, 0.717) is 58.0 Å². The van der Waals surface area contributed by atoms with Crippen LogP contribution in [-0.4, -0.2) is 263 Å². The quantitative estimate of drug-likeness (QED) is 0.171. The Morgan fingerprint density at radius 2 is 1.09 bits per heavy atom. The monoisotopic (exact) mass is 1490 g/mol. The molecule has 8 aliphatic rings. The molecule has 0 aromatic heterocycles. The lowest BCUT2D eigenvalue weighted by molar-refractivity contribution is -0.182. The van der Waals surface area contributed by atoms with Crippen molar-refractivity contribution in [3.63, 3.8) is 0 Å². The second kappa shape index (κ2) is 38.0. The first-order valence-electron chi connectivity index (χ1n) is 39.3. The number of amides is 12. The number of nitrogens with one attached hydrogen (secondary N) is 3. The van der Waals surface area contributed by atoms with Gasteiger partial charge in [0.25, 0.3) is 0 Å². The number of piperidine rings is 1. The van der Waals surface area contributed by atoms with E-state index in [1.807, 2.05) is 13.8 Å². The molecular weight excluding hydrogens is 1370 g/mol. The van der Waals surface area contributed by atoms with Crippen LogP contribution in [0.15, 0.2) is 0 Å². The SMILES string of the molecule is CC(C)C[C@H]1C(=O)N[C@@H](CC2CCCCC2)C(=O)N(C)CC(=O)N(C)CC(=O)N(C)[C@@H](CC2CCCCC2)C(=O)N(C)CC(=O)N[C@@H](CCC2CCC(C(F)(F)F)C(Cl)C2)C(=O)N2CCC[C@H]2C(=O)NC2(CCCC2)C(=O)N(C)[C@@H](C2CCCCC2)C(=O)N(C)[C@H](C(=O)N2CCCCC2)CC(=O)N1C. The predicted molar refractivity (Wildman–Crippen MR) is 386 cm³/mol. The highest BCUT2D eigenvalue weighted by Gasteiger charge is 2.52. The molecule has 3 N–H and O–H groups in total. The lowest BCUT2D eigenvalue weighted by Crippen LogP contribution is -2.65. The smallest absolute Gasteiger partial charge is 0.343 e. The lowest BCUT2D eigenvalue weighted by Gasteiger charge is -2.43. The number of alkyl halides is 4. The lowest BCUT2D eigenvalue weighted by atomic mass is 9.78. The van der Waals surface area contributed by atoms with Crippen LogP contribution >= 0.6 is 11.6 Å². The van der Waals surface area contributed by atoms with Crippen LogP contribution in [0.25, 0.3) is 0 Å². The average Bonchev–Trinajstić information content (AvgIpc) is 1.44. The fourth-order valence-electron chi connectivity index (χ4n) is 18.2. The van der Waals surface area contributed by atoms with Gasteiger partial charge in [0, 0.05) is 74.3 Å². The minimum Gasteiger partial charge on any atom is -0.343 e. The highest BCUT2D eigenvalue weighted by Crippen LogP contribution is 2.44. The summed E-state index contributed by atoms with van der Waals surface area (Å²) in [5.74, 6) is -9.74. The summed E-state index contributed by atoms with van der Waals surface area (Å²) in [4.78, 5) is 193. The van der Waals surface area contributed by atoms with E-state index in [4.69, 9.17) is 11.6 Å². The van der Waals surface area contributed by atoms with Crippen LogP contribution in [-0.2, 0) is 57.5 Å². The highest BCUT2D eigenvalue weighted by molar-refractivity contribution is 6.21. The van der Waals surface area contributed by atoms with E-state index in [9.17, 15) is 37.1 Å². The fraction of sp³-hybridized carbons (Fsp3) is 0.842. The van der Waals surface area contributed by atoms with Gasteiger partial charge in [-0.15, -0.1) is 11.6 Å². The van der Waals surface area contributed by atoms with Crippen LogP contribution in [0.5, 0.6) is 0 Å². The molecule has 1 spiro atoms. The molecule has 0 bridgehead atoms. The molecule has 3 aliphatic heterocycles. The highest BCUT2D eigenvalue weighted by atomic mass is 35.5. The third-order valence-corrected chi connectivity index (χ3v) is 25.1. The molecule has 586 valence electrons. The van der Waals surface area contributed by atoms with E-state index in [0.717, 1.165) is 94.8 Å². The van der Waals surface area contributed by atoms with Crippen LogP contribution in [0.4, 0.5) is 13.2 Å². The second-order valence-corrected chi connectivity index (χ2v) is 33.2. The standard InChI is InChI=1S/C76H122ClF3N12O12/c1-49(2)41-59-67(97)82-57(43-50-25-14-10-15-26-50)69(99)86(5)47-64(95)84(3)48-65(96)88(7)60(44-51-27-16-11-17-28-51)71(101)85(4)46-62(93)81-56(35-33-52-32-34-54(55(77)42-52)76(78,79)80)70(100)92-40-24-31-58(92)68(98)83-75(36-20-21-37-75)74(104)90(9)66(53-29-18-12-19-30-53)73(103)89(8)61(45-63(94)87(59)6)72(102)91-38-22-13-23-39-91/h49-61,66H,10-48H2,1-9H3,(H,81,93)(H,82,97)(H,83,98)/t52?,54?,55?,56-,57-,58-,59-,60-,61-,66-/m0/s1. The average molecular weight is 1490 g/mol. The normalized spacial score (nSPS) is 30.2. The fourth-order valence-corrected chi connectivity index (χ4v) is 18.7. The molecule has 104 heavy (non-hydrogen) atoms. The Morgan fingerprint density at radius 3 is 1.68 bits per heavy atom. The van der Waals surface area contributed by atoms with Crippen molar-refractivity contribution in [3.8, 4) is 0 Å². The maximum absolute atomic E-state index is 15.9. The molecule has 3 saturated heterocycles. The molecule has 12 amide bonds. The number of likely N-dealkylation sites (N-methyl/N-ethyl adjacent to an activating group) is 7. The Morgan fingerprint density at radius 1 is 0.519 bits per heavy atom. The van der Waals surface area contributed by atoms with Crippen LogP contribution in [0, 0.1) is 35.5 Å². The van der Waals surface area contributed by atoms with Crippen molar-refractivity contribution in [1.82, 2.24) is 60.0 Å². The van der Waals surface area contributed by atoms with E-state index < -0.39 is 162 Å². The number of nitrogens with zero attached hydrogens (tertiary/aromatic N) is 9. The minimum atomic E-state index is -4.51. The third kappa shape index (κ3) is 21.5. The maximum atomic E-state index is 15.9. The number of fused-ring (bicyclic) bond motifs is 1. The zero-order chi connectivity index (χ0) is 75.9. The van der Waals surface area contributed by atoms with Gasteiger partial charge in [-0.3, -0.25) is 57.5 Å². The Hall–Kier alpha value is -6.28. The first-order chi connectivity index (χ1) is 49.3. The van der Waals surface area contributed by atoms with Gasteiger partial charge in [-0.25, -0.2) is 0 Å². The van der Waals surface area contributed by atoms with E-state index >= 15 is 33.6 Å². The van der Waals surface area contributed by atoms with E-state index in [2.05, 4.69) is 16.0 Å². The summed E-state index contributed by atoms with van der Waals surface area (Å²) in [6, 6.07) is -8.42. The van der Waals surface area contributed by atoms with Crippen molar-refractivity contribution >= 4 is 82.5 Å². The predicted octanol–water partition coefficient (Wildman–Crippen LogP) is 7.41. The molecule has 24 nitrogen and oxygen atoms in total. The summed E-state index contributed by atoms with van der Waals surface area (Å²) in [6.07, 6.45) is 12.4. The van der Waals surface area contributed by atoms with Gasteiger partial charge >= 0.3 is 6.18 Å². The molecule has 0 radical (unpaired) electrons. The number of carbonyl (C=O) groups is 12. The molecule has 8 rings (SSSR count). The van der Waals surface area contributed by atoms with E-state index in [1.54, 1.807) is 11.9 Å². The number of carbonyl (C=O) groups excluding carboxylic acids is 12. The van der Waals surface area contributed by atoms with Crippen molar-refractivity contribution in [2.45, 2.75) is 285 Å². The van der Waals surface area contributed by atoms with Crippen LogP contribution < -0.4 is 16.0 Å². The molecule has 3 heterocycles. The van der Waals surface area contributed by atoms with Crippen LogP contribution in [0.3, 0.4) is 0 Å². The van der Waals surface area contributed by atoms with Crippen LogP contribution in [0.2, 0.25) is 0 Å². The van der Waals surface area contributed by atoms with Gasteiger partial charge in [-0.1, -0.05) is 110 Å². The van der Waals surface area contributed by atoms with Crippen molar-refractivity contribution in [1.29, 1.82) is 0 Å². The summed E-state index contributed by atoms with van der Waals surface area (Å²) >= 11 is 6.43. The molecule has 5 aliphatic carbocycles. The number of rotatable bonds is 11. The van der Waals surface area contributed by atoms with Gasteiger partial charge in [0.05, 0.1) is 32.0 Å². The summed E-state index contributed by atoms with van der Waals surface area (Å²) in [5.41, 5.74) is -1.55. The Labute approximate surface area is 619 Å². The zero-order valence-corrected chi connectivity index (χ0v) is 64.4. The second-order valence-electron chi connectivity index (χ2n) is 32.7. The Kier molecular flexibility index (Phi) is 30.5. The molecule has 5 saturated carbocycles. The molecule has 3 unspecified atom stereocenters. The number of hydrogen-bond donors (Lipinski definition) is 3. The first-order valence-corrected chi connectivity index (χ1v) is 39.7. The summed E-state index contributed by atoms with van der Waals surface area (Å²) in [6.45, 7) is 3.07. The Balaban J connectivity index is 1.16. The van der Waals surface area contributed by atoms with E-state index in [1.165, 1.54) is 76.6 Å². The number of hydrogen-bond acceptors (Lipinski definition) is 12. The molecule has 10 atom stereocenters. The molecule has 0 aromatic carbocycles. The topological polar surface area (TPSA) is 270 Å². The molecule has 0 aromatic rings. The molecule has 8 fully saturated rings. The molecular formula is C76H122ClF3N12O12. The number of halogens is 4. The summed E-state index contributed by atoms with van der Waals surface area (Å²) in [5, 5.41) is 7.77. The summed E-state index contributed by atoms with van der Waals surface area (Å²) in [7, 11) is 10.2. The van der Waals surface area contributed by atoms with Gasteiger partial charge in [0.1, 0.15) is 47.8 Å². The van der Waals surface area contributed by atoms with Gasteiger partial charge < -0.3 is 60.0 Å². The maximum Gasteiger partial charge on any atom is 0.393 e. The van der Waals surface area contributed by atoms with Crippen molar-refractivity contribution in [3.05, 3.63) is 0 Å². The van der Waals surface area contributed by atoms with Crippen molar-refractivity contribution < 1.29 is 70.7 Å². The van der Waals surface area contributed by atoms with E-state index in [-0.39, 0.29) is 107 Å². The molecule has 28 heteroatoms. The van der Waals surface area contributed by atoms with Crippen molar-refractivity contribution in [2.75, 3.05) is 88.6 Å². The first kappa shape index (κ1) is 83.4. The Bertz CT molecular complexity index is 3010. The van der Waals surface area contributed by atoms with Gasteiger partial charge in [-0.2, -0.15) is 13.2 Å². The van der Waals surface area contributed by atoms with Gasteiger partial charge in [0.2, 0.25) is 70.9 Å². The number of likely N-dealkylation sites (tertiary alicyclic amines) is 1. The zero-order valence-electron chi connectivity index (χ0n) is 63.6.